The van der Waals surface area contributed by atoms with Crippen molar-refractivity contribution < 1.29 is 0 Å². The number of hydrogen-bond donors (Lipinski definition) is 1. The van der Waals surface area contributed by atoms with Crippen LogP contribution < -0.4 is 5.32 Å². The van der Waals surface area contributed by atoms with Crippen LogP contribution in [0.2, 0.25) is 0 Å². The highest BCUT2D eigenvalue weighted by molar-refractivity contribution is 4.82. The second kappa shape index (κ2) is 5.71. The lowest BCUT2D eigenvalue weighted by atomic mass is 9.84. The lowest BCUT2D eigenvalue weighted by Gasteiger charge is -2.28. The van der Waals surface area contributed by atoms with Crippen LogP contribution in [0.4, 0.5) is 0 Å². The molecule has 0 radical (unpaired) electrons. The van der Waals surface area contributed by atoms with Crippen LogP contribution in [0.1, 0.15) is 46.5 Å². The summed E-state index contributed by atoms with van der Waals surface area (Å²) in [7, 11) is 0. The molecule has 0 aromatic carbocycles. The number of rotatable bonds is 3. The van der Waals surface area contributed by atoms with Crippen molar-refractivity contribution in [3.63, 3.8) is 0 Å². The molecule has 2 heteroatoms. The van der Waals surface area contributed by atoms with Gasteiger partial charge in [0.25, 0.3) is 0 Å². The Bertz CT molecular complexity index is 226. The molecule has 1 atom stereocenters. The Morgan fingerprint density at radius 2 is 1.76 bits per heavy atom. The molecule has 0 aliphatic carbocycles. The van der Waals surface area contributed by atoms with E-state index in [1.54, 1.807) is 0 Å². The molecular weight excluding hydrogens is 208 g/mol. The van der Waals surface area contributed by atoms with Crippen LogP contribution in [-0.2, 0) is 0 Å². The van der Waals surface area contributed by atoms with Crippen molar-refractivity contribution in [2.75, 3.05) is 32.7 Å². The molecule has 2 saturated heterocycles. The van der Waals surface area contributed by atoms with Gasteiger partial charge < -0.3 is 10.2 Å². The van der Waals surface area contributed by atoms with Crippen molar-refractivity contribution in [1.82, 2.24) is 10.2 Å². The molecule has 0 spiro atoms. The zero-order chi connectivity index (χ0) is 12.3. The zero-order valence-electron chi connectivity index (χ0n) is 12.0. The summed E-state index contributed by atoms with van der Waals surface area (Å²) in [6.07, 6.45) is 5.61. The van der Waals surface area contributed by atoms with Gasteiger partial charge in [-0.15, -0.1) is 0 Å². The predicted octanol–water partition coefficient (Wildman–Crippen LogP) is 2.74. The molecule has 2 heterocycles. The van der Waals surface area contributed by atoms with Gasteiger partial charge in [0, 0.05) is 13.1 Å². The average molecular weight is 238 g/mol. The number of hydrogen-bond acceptors (Lipinski definition) is 2. The fraction of sp³-hybridized carbons (Fsp3) is 1.00. The van der Waals surface area contributed by atoms with E-state index >= 15 is 0 Å². The summed E-state index contributed by atoms with van der Waals surface area (Å²) in [4.78, 5) is 2.73. The third-order valence-corrected chi connectivity index (χ3v) is 4.25. The molecule has 100 valence electrons. The second-order valence-electron chi connectivity index (χ2n) is 7.37. The molecule has 0 aromatic heterocycles. The zero-order valence-corrected chi connectivity index (χ0v) is 12.0. The Hall–Kier alpha value is -0.0800. The molecule has 0 amide bonds. The Balaban J connectivity index is 1.70. The first kappa shape index (κ1) is 13.4. The van der Waals surface area contributed by atoms with Crippen molar-refractivity contribution >= 4 is 0 Å². The number of nitrogens with one attached hydrogen (secondary N) is 1. The van der Waals surface area contributed by atoms with Gasteiger partial charge in [-0.3, -0.25) is 0 Å². The Morgan fingerprint density at radius 1 is 1.06 bits per heavy atom. The molecule has 2 aliphatic heterocycles. The summed E-state index contributed by atoms with van der Waals surface area (Å²) in [6.45, 7) is 13.7. The van der Waals surface area contributed by atoms with Crippen LogP contribution in [0.15, 0.2) is 0 Å². The molecular formula is C15H30N2. The first-order valence-electron chi connectivity index (χ1n) is 7.46. The van der Waals surface area contributed by atoms with Gasteiger partial charge in [-0.1, -0.05) is 20.8 Å². The maximum absolute atomic E-state index is 3.46. The standard InChI is InChI=1S/C15H30N2/c1-15(2,3)10-14-6-9-17(12-14)11-13-4-7-16-8-5-13/h13-14,16H,4-12H2,1-3H3/t14-/m0/s1. The molecule has 0 saturated carbocycles. The van der Waals surface area contributed by atoms with Gasteiger partial charge in [-0.05, 0) is 62.6 Å². The largest absolute Gasteiger partial charge is 0.317 e. The quantitative estimate of drug-likeness (QED) is 0.813. The molecule has 17 heavy (non-hydrogen) atoms. The molecule has 0 unspecified atom stereocenters. The molecule has 2 nitrogen and oxygen atoms in total. The second-order valence-corrected chi connectivity index (χ2v) is 7.37. The molecule has 1 N–H and O–H groups in total. The average Bonchev–Trinajstić information content (AvgIpc) is 2.64. The van der Waals surface area contributed by atoms with Crippen molar-refractivity contribution in [3.05, 3.63) is 0 Å². The highest BCUT2D eigenvalue weighted by atomic mass is 15.1. The van der Waals surface area contributed by atoms with Crippen LogP contribution in [-0.4, -0.2) is 37.6 Å². The summed E-state index contributed by atoms with van der Waals surface area (Å²) in [5.74, 6) is 1.92. The summed E-state index contributed by atoms with van der Waals surface area (Å²) in [5.41, 5.74) is 0.509. The van der Waals surface area contributed by atoms with E-state index in [1.165, 1.54) is 58.4 Å². The van der Waals surface area contributed by atoms with Gasteiger partial charge in [0.05, 0.1) is 0 Å². The monoisotopic (exact) mass is 238 g/mol. The molecule has 0 aromatic rings. The van der Waals surface area contributed by atoms with Crippen molar-refractivity contribution in [1.29, 1.82) is 0 Å². The van der Waals surface area contributed by atoms with Crippen LogP contribution in [0.5, 0.6) is 0 Å². The minimum Gasteiger partial charge on any atom is -0.317 e. The minimum absolute atomic E-state index is 0.509. The van der Waals surface area contributed by atoms with Gasteiger partial charge in [0.15, 0.2) is 0 Å². The van der Waals surface area contributed by atoms with E-state index in [-0.39, 0.29) is 0 Å². The van der Waals surface area contributed by atoms with Crippen molar-refractivity contribution in [2.45, 2.75) is 46.5 Å². The third-order valence-electron chi connectivity index (χ3n) is 4.25. The first-order chi connectivity index (χ1) is 8.03. The van der Waals surface area contributed by atoms with Gasteiger partial charge in [0.1, 0.15) is 0 Å². The van der Waals surface area contributed by atoms with Gasteiger partial charge in [-0.25, -0.2) is 0 Å². The highest BCUT2D eigenvalue weighted by Crippen LogP contribution is 2.31. The van der Waals surface area contributed by atoms with Crippen molar-refractivity contribution in [2.24, 2.45) is 17.3 Å². The molecule has 2 aliphatic rings. The smallest absolute Gasteiger partial charge is 0.00107 e. The van der Waals surface area contributed by atoms with E-state index in [0.29, 0.717) is 5.41 Å². The van der Waals surface area contributed by atoms with Gasteiger partial charge >= 0.3 is 0 Å². The van der Waals surface area contributed by atoms with E-state index < -0.39 is 0 Å². The van der Waals surface area contributed by atoms with E-state index in [2.05, 4.69) is 31.0 Å². The Kier molecular flexibility index (Phi) is 4.48. The maximum atomic E-state index is 3.46. The lowest BCUT2D eigenvalue weighted by molar-refractivity contribution is 0.223. The molecule has 2 fully saturated rings. The normalized spacial score (nSPS) is 28.8. The summed E-state index contributed by atoms with van der Waals surface area (Å²) < 4.78 is 0. The van der Waals surface area contributed by atoms with Crippen LogP contribution in [0.3, 0.4) is 0 Å². The van der Waals surface area contributed by atoms with E-state index in [1.807, 2.05) is 0 Å². The number of likely N-dealkylation sites (tertiary alicyclic amines) is 1. The first-order valence-corrected chi connectivity index (χ1v) is 7.46. The van der Waals surface area contributed by atoms with Gasteiger partial charge in [0.2, 0.25) is 0 Å². The SMILES string of the molecule is CC(C)(C)C[C@@H]1CCN(CC2CCNCC2)C1. The maximum Gasteiger partial charge on any atom is 0.00107 e. The fourth-order valence-electron chi connectivity index (χ4n) is 3.54. The lowest BCUT2D eigenvalue weighted by Crippen LogP contribution is -2.35. The van der Waals surface area contributed by atoms with Gasteiger partial charge in [-0.2, -0.15) is 0 Å². The van der Waals surface area contributed by atoms with Crippen LogP contribution in [0.25, 0.3) is 0 Å². The topological polar surface area (TPSA) is 15.3 Å². The van der Waals surface area contributed by atoms with E-state index in [9.17, 15) is 0 Å². The summed E-state index contributed by atoms with van der Waals surface area (Å²) >= 11 is 0. The summed E-state index contributed by atoms with van der Waals surface area (Å²) in [6, 6.07) is 0. The van der Waals surface area contributed by atoms with Crippen LogP contribution in [0, 0.1) is 17.3 Å². The summed E-state index contributed by atoms with van der Waals surface area (Å²) in [5, 5.41) is 3.46. The van der Waals surface area contributed by atoms with E-state index in [4.69, 9.17) is 0 Å². The Morgan fingerprint density at radius 3 is 2.41 bits per heavy atom. The third kappa shape index (κ3) is 4.59. The molecule has 2 rings (SSSR count). The van der Waals surface area contributed by atoms with Crippen molar-refractivity contribution in [3.8, 4) is 0 Å². The molecule has 0 bridgehead atoms. The van der Waals surface area contributed by atoms with Crippen LogP contribution >= 0.6 is 0 Å². The van der Waals surface area contributed by atoms with E-state index in [0.717, 1.165) is 11.8 Å². The Labute approximate surface area is 107 Å². The minimum atomic E-state index is 0.509. The number of nitrogens with zero attached hydrogens (tertiary/aromatic N) is 1. The fourth-order valence-corrected chi connectivity index (χ4v) is 3.54. The highest BCUT2D eigenvalue weighted by Gasteiger charge is 2.28. The number of piperidine rings is 1. The predicted molar refractivity (Wildman–Crippen MR) is 74.2 cm³/mol.